The summed E-state index contributed by atoms with van der Waals surface area (Å²) in [5, 5.41) is 5.29. The van der Waals surface area contributed by atoms with Crippen LogP contribution in [-0.2, 0) is 7.05 Å². The van der Waals surface area contributed by atoms with E-state index in [1.165, 1.54) is 11.3 Å². The summed E-state index contributed by atoms with van der Waals surface area (Å²) in [5.74, 6) is 1.45. The SMILES string of the molecule is C[C@@H]1CN(c2ncnc3c2cnn3C)c2ccccc21. The largest absolute Gasteiger partial charge is 0.325 e. The predicted molar refractivity (Wildman–Crippen MR) is 78.2 cm³/mol. The molecule has 3 aromatic rings. The van der Waals surface area contributed by atoms with Gasteiger partial charge in [-0.3, -0.25) is 4.68 Å². The van der Waals surface area contributed by atoms with Gasteiger partial charge in [0.15, 0.2) is 5.65 Å². The van der Waals surface area contributed by atoms with Gasteiger partial charge in [0.1, 0.15) is 12.1 Å². The first-order valence-electron chi connectivity index (χ1n) is 6.75. The molecular formula is C15H15N5. The number of anilines is 2. The van der Waals surface area contributed by atoms with Crippen LogP contribution in [0.5, 0.6) is 0 Å². The molecule has 20 heavy (non-hydrogen) atoms. The van der Waals surface area contributed by atoms with E-state index in [9.17, 15) is 0 Å². The minimum atomic E-state index is 0.507. The lowest BCUT2D eigenvalue weighted by molar-refractivity contribution is 0.784. The molecule has 1 aliphatic heterocycles. The maximum atomic E-state index is 4.50. The molecule has 1 atom stereocenters. The van der Waals surface area contributed by atoms with Crippen molar-refractivity contribution in [2.24, 2.45) is 7.05 Å². The number of para-hydroxylation sites is 1. The monoisotopic (exact) mass is 265 g/mol. The number of fused-ring (bicyclic) bond motifs is 2. The fraction of sp³-hybridized carbons (Fsp3) is 0.267. The van der Waals surface area contributed by atoms with Gasteiger partial charge in [-0.25, -0.2) is 9.97 Å². The molecule has 0 spiro atoms. The summed E-state index contributed by atoms with van der Waals surface area (Å²) in [6, 6.07) is 8.52. The van der Waals surface area contributed by atoms with Gasteiger partial charge >= 0.3 is 0 Å². The molecule has 0 unspecified atom stereocenters. The normalized spacial score (nSPS) is 17.7. The Labute approximate surface area is 116 Å². The first-order valence-corrected chi connectivity index (χ1v) is 6.75. The van der Waals surface area contributed by atoms with E-state index in [2.05, 4.69) is 51.2 Å². The van der Waals surface area contributed by atoms with Gasteiger partial charge in [-0.05, 0) is 11.6 Å². The van der Waals surface area contributed by atoms with Crippen molar-refractivity contribution in [2.45, 2.75) is 12.8 Å². The number of aromatic nitrogens is 4. The average Bonchev–Trinajstić information content (AvgIpc) is 3.01. The van der Waals surface area contributed by atoms with Crippen LogP contribution in [0.2, 0.25) is 0 Å². The van der Waals surface area contributed by atoms with Crippen molar-refractivity contribution in [1.29, 1.82) is 0 Å². The van der Waals surface area contributed by atoms with E-state index in [1.807, 2.05) is 13.2 Å². The highest BCUT2D eigenvalue weighted by molar-refractivity contribution is 5.90. The Morgan fingerprint density at radius 3 is 2.95 bits per heavy atom. The second kappa shape index (κ2) is 4.03. The maximum Gasteiger partial charge on any atom is 0.163 e. The van der Waals surface area contributed by atoms with Gasteiger partial charge in [0.25, 0.3) is 0 Å². The molecule has 4 rings (SSSR count). The zero-order valence-corrected chi connectivity index (χ0v) is 11.5. The van der Waals surface area contributed by atoms with Crippen molar-refractivity contribution in [2.75, 3.05) is 11.4 Å². The molecule has 0 saturated heterocycles. The van der Waals surface area contributed by atoms with E-state index in [4.69, 9.17) is 0 Å². The van der Waals surface area contributed by atoms with Gasteiger partial charge in [0.2, 0.25) is 0 Å². The minimum Gasteiger partial charge on any atom is -0.325 e. The summed E-state index contributed by atoms with van der Waals surface area (Å²) >= 11 is 0. The first-order chi connectivity index (χ1) is 9.75. The quantitative estimate of drug-likeness (QED) is 0.678. The van der Waals surface area contributed by atoms with Gasteiger partial charge in [-0.15, -0.1) is 0 Å². The topological polar surface area (TPSA) is 46.8 Å². The van der Waals surface area contributed by atoms with Gasteiger partial charge in [-0.1, -0.05) is 25.1 Å². The number of nitrogens with zero attached hydrogens (tertiary/aromatic N) is 5. The standard InChI is InChI=1S/C15H15N5/c1-10-8-20(13-6-4-3-5-11(10)13)15-12-7-18-19(2)14(12)16-9-17-15/h3-7,9-10H,8H2,1-2H3/t10-/m1/s1. The number of benzene rings is 1. The molecule has 0 saturated carbocycles. The van der Waals surface area contributed by atoms with Crippen LogP contribution >= 0.6 is 0 Å². The highest BCUT2D eigenvalue weighted by Crippen LogP contribution is 2.41. The zero-order valence-electron chi connectivity index (χ0n) is 11.5. The van der Waals surface area contributed by atoms with E-state index < -0.39 is 0 Å². The van der Waals surface area contributed by atoms with Crippen molar-refractivity contribution < 1.29 is 0 Å². The fourth-order valence-corrected chi connectivity index (χ4v) is 2.99. The lowest BCUT2D eigenvalue weighted by Gasteiger charge is -2.18. The second-order valence-corrected chi connectivity index (χ2v) is 5.27. The lowest BCUT2D eigenvalue weighted by atomic mass is 10.0. The lowest BCUT2D eigenvalue weighted by Crippen LogP contribution is -2.16. The van der Waals surface area contributed by atoms with Crippen LogP contribution in [0.3, 0.4) is 0 Å². The molecule has 1 aromatic carbocycles. The molecule has 3 heterocycles. The molecule has 1 aliphatic rings. The molecule has 0 amide bonds. The molecule has 0 fully saturated rings. The summed E-state index contributed by atoms with van der Waals surface area (Å²) in [7, 11) is 1.90. The molecule has 0 radical (unpaired) electrons. The fourth-order valence-electron chi connectivity index (χ4n) is 2.99. The maximum absolute atomic E-state index is 4.50. The van der Waals surface area contributed by atoms with E-state index >= 15 is 0 Å². The average molecular weight is 265 g/mol. The highest BCUT2D eigenvalue weighted by Gasteiger charge is 2.28. The third-order valence-electron chi connectivity index (χ3n) is 3.98. The van der Waals surface area contributed by atoms with Crippen molar-refractivity contribution in [3.8, 4) is 0 Å². The van der Waals surface area contributed by atoms with Crippen LogP contribution < -0.4 is 4.90 Å². The van der Waals surface area contributed by atoms with Gasteiger partial charge < -0.3 is 4.90 Å². The summed E-state index contributed by atoms with van der Waals surface area (Å²) in [4.78, 5) is 11.1. The third-order valence-corrected chi connectivity index (χ3v) is 3.98. The van der Waals surface area contributed by atoms with E-state index in [0.717, 1.165) is 23.4 Å². The Bertz CT molecular complexity index is 792. The molecule has 5 heteroatoms. The molecular weight excluding hydrogens is 250 g/mol. The Balaban J connectivity index is 1.93. The smallest absolute Gasteiger partial charge is 0.163 e. The van der Waals surface area contributed by atoms with Crippen LogP contribution in [0.4, 0.5) is 11.5 Å². The van der Waals surface area contributed by atoms with Crippen molar-refractivity contribution in [1.82, 2.24) is 19.7 Å². The van der Waals surface area contributed by atoms with Crippen LogP contribution in [0.15, 0.2) is 36.8 Å². The molecule has 0 bridgehead atoms. The van der Waals surface area contributed by atoms with Crippen LogP contribution in [0.25, 0.3) is 11.0 Å². The van der Waals surface area contributed by atoms with Gasteiger partial charge in [0.05, 0.1) is 11.6 Å². The number of hydrogen-bond acceptors (Lipinski definition) is 4. The molecule has 0 N–H and O–H groups in total. The molecule has 2 aromatic heterocycles. The van der Waals surface area contributed by atoms with E-state index in [1.54, 1.807) is 11.0 Å². The Morgan fingerprint density at radius 1 is 1.20 bits per heavy atom. The molecule has 0 aliphatic carbocycles. The van der Waals surface area contributed by atoms with Crippen molar-refractivity contribution >= 4 is 22.5 Å². The highest BCUT2D eigenvalue weighted by atomic mass is 15.3. The minimum absolute atomic E-state index is 0.507. The zero-order chi connectivity index (χ0) is 13.7. The van der Waals surface area contributed by atoms with Gasteiger partial charge in [0, 0.05) is 25.2 Å². The summed E-state index contributed by atoms with van der Waals surface area (Å²) in [5.41, 5.74) is 3.49. The van der Waals surface area contributed by atoms with Crippen LogP contribution in [-0.4, -0.2) is 26.3 Å². The number of hydrogen-bond donors (Lipinski definition) is 0. The summed E-state index contributed by atoms with van der Waals surface area (Å²) < 4.78 is 1.78. The number of aryl methyl sites for hydroxylation is 1. The van der Waals surface area contributed by atoms with Gasteiger partial charge in [-0.2, -0.15) is 5.10 Å². The van der Waals surface area contributed by atoms with Crippen molar-refractivity contribution in [3.63, 3.8) is 0 Å². The summed E-state index contributed by atoms with van der Waals surface area (Å²) in [6.45, 7) is 3.20. The van der Waals surface area contributed by atoms with Crippen LogP contribution in [0.1, 0.15) is 18.4 Å². The van der Waals surface area contributed by atoms with E-state index in [-0.39, 0.29) is 0 Å². The molecule has 100 valence electrons. The summed E-state index contributed by atoms with van der Waals surface area (Å²) in [6.07, 6.45) is 3.46. The Kier molecular flexibility index (Phi) is 2.30. The first kappa shape index (κ1) is 11.4. The van der Waals surface area contributed by atoms with Crippen LogP contribution in [0, 0.1) is 0 Å². The third kappa shape index (κ3) is 1.46. The number of rotatable bonds is 1. The van der Waals surface area contributed by atoms with E-state index in [0.29, 0.717) is 5.92 Å². The van der Waals surface area contributed by atoms with Crippen molar-refractivity contribution in [3.05, 3.63) is 42.4 Å². The second-order valence-electron chi connectivity index (χ2n) is 5.27. The molecule has 5 nitrogen and oxygen atoms in total. The predicted octanol–water partition coefficient (Wildman–Crippen LogP) is 2.62. The Hall–Kier alpha value is -2.43. The Morgan fingerprint density at radius 2 is 2.05 bits per heavy atom.